The Bertz CT molecular complexity index is 1080. The molecule has 2 aromatic carbocycles. The molecule has 2 rings (SSSR count). The molecule has 0 aromatic heterocycles. The van der Waals surface area contributed by atoms with Gasteiger partial charge in [0.05, 0.1) is 20.5 Å². The fourth-order valence-electron chi connectivity index (χ4n) is 4.79. The highest BCUT2D eigenvalue weighted by molar-refractivity contribution is 7.43. The number of unbranched alkanes of at least 4 members (excludes halogenated alkanes) is 11. The van der Waals surface area contributed by atoms with Gasteiger partial charge in [0, 0.05) is 6.42 Å². The highest BCUT2D eigenvalue weighted by Gasteiger charge is 2.14. The number of hydrogen-bond donors (Lipinski definition) is 1. The number of phosphoric ester groups is 1. The second-order valence-electron chi connectivity index (χ2n) is 11.0. The van der Waals surface area contributed by atoms with Crippen LogP contribution in [0.25, 0.3) is 12.2 Å². The normalized spacial score (nSPS) is 12.7. The van der Waals surface area contributed by atoms with E-state index in [-0.39, 0.29) is 12.5 Å². The van der Waals surface area contributed by atoms with Gasteiger partial charge in [0.15, 0.2) is 0 Å². The summed E-state index contributed by atoms with van der Waals surface area (Å²) in [5, 5.41) is 2.86. The minimum atomic E-state index is -5.13. The van der Waals surface area contributed by atoms with Crippen molar-refractivity contribution in [3.8, 4) is 0 Å². The first-order chi connectivity index (χ1) is 20.4. The molecule has 0 aliphatic carbocycles. The second-order valence-corrected chi connectivity index (χ2v) is 12.2. The Morgan fingerprint density at radius 1 is 0.786 bits per heavy atom. The number of rotatable bonds is 23. The Morgan fingerprint density at radius 2 is 1.33 bits per heavy atom. The second kappa shape index (κ2) is 22.1. The maximum Gasteiger partial charge on any atom is 0.220 e. The van der Waals surface area contributed by atoms with Crippen LogP contribution >= 0.6 is 7.82 Å². The van der Waals surface area contributed by atoms with Crippen molar-refractivity contribution >= 4 is 25.9 Å². The summed E-state index contributed by atoms with van der Waals surface area (Å²) in [7, 11) is -5.13. The van der Waals surface area contributed by atoms with Gasteiger partial charge in [0.25, 0.3) is 0 Å². The van der Waals surface area contributed by atoms with Crippen LogP contribution in [0.2, 0.25) is 0 Å². The molecular weight excluding hydrogens is 545 g/mol. The van der Waals surface area contributed by atoms with E-state index < -0.39 is 13.9 Å². The molecule has 0 bridgehead atoms. The quantitative estimate of drug-likeness (QED) is 0.0612. The molecule has 0 saturated heterocycles. The van der Waals surface area contributed by atoms with Gasteiger partial charge in [0.2, 0.25) is 5.91 Å². The zero-order valence-corrected chi connectivity index (χ0v) is 26.3. The Morgan fingerprint density at radius 3 is 1.93 bits per heavy atom. The number of carbonyl (C=O) groups is 1. The molecule has 0 heterocycles. The highest BCUT2D eigenvalue weighted by Crippen LogP contribution is 2.25. The van der Waals surface area contributed by atoms with Crippen LogP contribution < -0.4 is 15.1 Å². The maximum absolute atomic E-state index is 12.6. The molecule has 0 aliphatic heterocycles. The van der Waals surface area contributed by atoms with Crippen molar-refractivity contribution in [2.45, 2.75) is 109 Å². The third-order valence-corrected chi connectivity index (χ3v) is 7.66. The number of benzene rings is 2. The summed E-state index contributed by atoms with van der Waals surface area (Å²) >= 11 is 0. The van der Waals surface area contributed by atoms with Crippen LogP contribution in [0.4, 0.5) is 0 Å². The smallest absolute Gasteiger partial charge is 0.220 e. The van der Waals surface area contributed by atoms with Crippen LogP contribution in [0.5, 0.6) is 0 Å². The number of allylic oxidation sites excluding steroid dienone is 2. The average Bonchev–Trinajstić information content (AvgIpc) is 2.97. The van der Waals surface area contributed by atoms with E-state index in [2.05, 4.69) is 28.9 Å². The summed E-state index contributed by atoms with van der Waals surface area (Å²) in [4.78, 5) is 34.7. The van der Waals surface area contributed by atoms with Crippen LogP contribution in [-0.2, 0) is 20.3 Å². The predicted octanol–water partition coefficient (Wildman–Crippen LogP) is 7.77. The maximum atomic E-state index is 12.6. The van der Waals surface area contributed by atoms with Gasteiger partial charge in [0.1, 0.15) is 0 Å². The molecular formula is C35H50NO5P-2. The topological polar surface area (TPSA) is 102 Å². The summed E-state index contributed by atoms with van der Waals surface area (Å²) in [6.45, 7) is 1.87. The lowest BCUT2D eigenvalue weighted by Gasteiger charge is -2.31. The largest absolute Gasteiger partial charge is 0.790 e. The number of carbonyl (C=O) groups excluding carboxylic acids is 1. The van der Waals surface area contributed by atoms with Gasteiger partial charge in [-0.1, -0.05) is 137 Å². The van der Waals surface area contributed by atoms with Gasteiger partial charge in [-0.15, -0.1) is 0 Å². The fraction of sp³-hybridized carbons (Fsp3) is 0.514. The number of nitrogens with one attached hydrogen (secondary N) is 1. The first-order valence-electron chi connectivity index (χ1n) is 15.8. The van der Waals surface area contributed by atoms with Crippen LogP contribution in [0, 0.1) is 0 Å². The Balaban J connectivity index is 1.66. The van der Waals surface area contributed by atoms with Gasteiger partial charge in [-0.05, 0) is 55.2 Å². The average molecular weight is 596 g/mol. The van der Waals surface area contributed by atoms with E-state index in [1.54, 1.807) is 0 Å². The first-order valence-corrected chi connectivity index (χ1v) is 17.2. The van der Waals surface area contributed by atoms with Crippen molar-refractivity contribution in [3.05, 3.63) is 83.4 Å². The lowest BCUT2D eigenvalue weighted by atomic mass is 10.0. The molecule has 7 heteroatoms. The summed E-state index contributed by atoms with van der Waals surface area (Å²) < 4.78 is 15.6. The molecule has 0 saturated carbocycles. The number of amides is 1. The Labute approximate surface area is 253 Å². The van der Waals surface area contributed by atoms with E-state index in [4.69, 9.17) is 0 Å². The monoisotopic (exact) mass is 595 g/mol. The van der Waals surface area contributed by atoms with E-state index in [9.17, 15) is 19.1 Å². The van der Waals surface area contributed by atoms with Gasteiger partial charge in [-0.25, -0.2) is 0 Å². The summed E-state index contributed by atoms with van der Waals surface area (Å²) in [5.41, 5.74) is 3.04. The first kappa shape index (κ1) is 35.7. The summed E-state index contributed by atoms with van der Waals surface area (Å²) in [6.07, 6.45) is 24.9. The van der Waals surface area contributed by atoms with Gasteiger partial charge in [-0.3, -0.25) is 4.79 Å². The standard InChI is InChI=1S/C35H52NO5P/c1-2-3-4-5-6-7-8-9-10-11-12-13-14-15-19-22-35(37)36-34(30-41-42(38,39)40)29-33-27-25-32(26-28-33)24-23-31-20-17-16-18-21-31/h9-10,16-18,20-21,23-28,34H,2-8,11-15,19,22,29-30H2,1H3,(H,36,37)(H2,38,39,40)/p-2/b10-9-,24-23+/t34-/m0/s1. The molecule has 6 nitrogen and oxygen atoms in total. The molecule has 1 N–H and O–H groups in total. The molecule has 1 atom stereocenters. The zero-order valence-electron chi connectivity index (χ0n) is 25.4. The molecule has 0 radical (unpaired) electrons. The zero-order chi connectivity index (χ0) is 30.3. The molecule has 0 unspecified atom stereocenters. The van der Waals surface area contributed by atoms with E-state index in [1.165, 1.54) is 51.4 Å². The van der Waals surface area contributed by atoms with E-state index in [1.807, 2.05) is 66.7 Å². The minimum Gasteiger partial charge on any atom is -0.790 e. The summed E-state index contributed by atoms with van der Waals surface area (Å²) in [5.74, 6) is -0.157. The summed E-state index contributed by atoms with van der Waals surface area (Å²) in [6, 6.07) is 17.2. The highest BCUT2D eigenvalue weighted by atomic mass is 31.2. The van der Waals surface area contributed by atoms with Gasteiger partial charge in [-0.2, -0.15) is 0 Å². The lowest BCUT2D eigenvalue weighted by Crippen LogP contribution is -2.40. The van der Waals surface area contributed by atoms with E-state index in [0.717, 1.165) is 48.8 Å². The van der Waals surface area contributed by atoms with Gasteiger partial charge >= 0.3 is 0 Å². The number of phosphoric acid groups is 1. The van der Waals surface area contributed by atoms with Crippen LogP contribution in [0.3, 0.4) is 0 Å². The van der Waals surface area contributed by atoms with Crippen molar-refractivity contribution < 1.29 is 23.7 Å². The SMILES string of the molecule is CCCCCCCC/C=C\CCCCCCCC(=O)N[C@H](COP(=O)([O-])[O-])Cc1ccc(/C=C/c2ccccc2)cc1. The molecule has 232 valence electrons. The Hall–Kier alpha value is -2.50. The fourth-order valence-corrected chi connectivity index (χ4v) is 5.16. The molecule has 0 spiro atoms. The predicted molar refractivity (Wildman–Crippen MR) is 170 cm³/mol. The van der Waals surface area contributed by atoms with Crippen molar-refractivity contribution in [2.24, 2.45) is 0 Å². The van der Waals surface area contributed by atoms with Crippen molar-refractivity contribution in [3.63, 3.8) is 0 Å². The van der Waals surface area contributed by atoms with Crippen LogP contribution in [0.1, 0.15) is 114 Å². The van der Waals surface area contributed by atoms with Crippen LogP contribution in [0.15, 0.2) is 66.7 Å². The molecule has 2 aromatic rings. The van der Waals surface area contributed by atoms with Crippen molar-refractivity contribution in [2.75, 3.05) is 6.61 Å². The minimum absolute atomic E-state index is 0.157. The van der Waals surface area contributed by atoms with Gasteiger partial charge < -0.3 is 24.2 Å². The van der Waals surface area contributed by atoms with Crippen molar-refractivity contribution in [1.29, 1.82) is 0 Å². The van der Waals surface area contributed by atoms with Crippen molar-refractivity contribution in [1.82, 2.24) is 5.32 Å². The van der Waals surface area contributed by atoms with E-state index in [0.29, 0.717) is 12.8 Å². The van der Waals surface area contributed by atoms with Crippen LogP contribution in [-0.4, -0.2) is 18.6 Å². The molecule has 42 heavy (non-hydrogen) atoms. The lowest BCUT2D eigenvalue weighted by molar-refractivity contribution is -0.342. The van der Waals surface area contributed by atoms with E-state index >= 15 is 0 Å². The molecule has 1 amide bonds. The molecule has 0 fully saturated rings. The Kier molecular flexibility index (Phi) is 18.8. The number of hydrogen-bond acceptors (Lipinski definition) is 5. The third-order valence-electron chi connectivity index (χ3n) is 7.19. The molecule has 0 aliphatic rings. The third kappa shape index (κ3) is 18.8.